The number of aromatic carboxylic acids is 1. The summed E-state index contributed by atoms with van der Waals surface area (Å²) in [6, 6.07) is 5.42. The molecule has 1 aromatic heterocycles. The van der Waals surface area contributed by atoms with E-state index >= 15 is 0 Å². The van der Waals surface area contributed by atoms with Gasteiger partial charge in [-0.15, -0.1) is 0 Å². The Balaban J connectivity index is 2.66. The van der Waals surface area contributed by atoms with Gasteiger partial charge in [0.1, 0.15) is 0 Å². The van der Waals surface area contributed by atoms with Gasteiger partial charge in [0.2, 0.25) is 11.8 Å². The van der Waals surface area contributed by atoms with Gasteiger partial charge < -0.3 is 15.3 Å². The van der Waals surface area contributed by atoms with Crippen LogP contribution in [0, 0.1) is 0 Å². The van der Waals surface area contributed by atoms with Crippen molar-refractivity contribution in [3.8, 4) is 11.8 Å². The lowest BCUT2D eigenvalue weighted by molar-refractivity contribution is -0.116. The largest absolute Gasteiger partial charge is 0.493 e. The molecule has 12 heteroatoms. The fraction of sp³-hybridized carbons (Fsp3) is 0.0769. The Hall–Kier alpha value is -2.32. The van der Waals surface area contributed by atoms with Gasteiger partial charge in [-0.1, -0.05) is 22.6 Å². The molecule has 1 aromatic carbocycles. The third-order valence-corrected chi connectivity index (χ3v) is 4.59. The number of nitrogens with zero attached hydrogens (tertiary/aromatic N) is 2. The lowest BCUT2D eigenvalue weighted by atomic mass is 10.2. The molecule has 1 amide bonds. The molecule has 0 unspecified atom stereocenters. The zero-order chi connectivity index (χ0) is 18.9. The van der Waals surface area contributed by atoms with Gasteiger partial charge in [-0.05, 0) is 24.3 Å². The number of amides is 1. The predicted molar refractivity (Wildman–Crippen MR) is 92.7 cm³/mol. The van der Waals surface area contributed by atoms with Crippen molar-refractivity contribution in [2.24, 2.45) is 0 Å². The smallest absolute Gasteiger partial charge is 0.335 e. The number of benzene rings is 1. The highest BCUT2D eigenvalue weighted by Gasteiger charge is 2.29. The van der Waals surface area contributed by atoms with E-state index in [0.717, 1.165) is 5.01 Å². The molecule has 25 heavy (non-hydrogen) atoms. The molecule has 0 radical (unpaired) electrons. The molecule has 4 N–H and O–H groups in total. The van der Waals surface area contributed by atoms with E-state index in [0.29, 0.717) is 10.7 Å². The summed E-state index contributed by atoms with van der Waals surface area (Å²) < 4.78 is 31.9. The van der Waals surface area contributed by atoms with Gasteiger partial charge in [-0.25, -0.2) is 9.80 Å². The molecule has 0 bridgehead atoms. The van der Waals surface area contributed by atoms with Crippen molar-refractivity contribution < 1.29 is 37.9 Å². The molecule has 0 fully saturated rings. The Labute approximate surface area is 154 Å². The van der Waals surface area contributed by atoms with Crippen molar-refractivity contribution in [1.82, 2.24) is 4.68 Å². The van der Waals surface area contributed by atoms with E-state index < -0.39 is 38.7 Å². The molecular weight excluding hydrogens is 471 g/mol. The van der Waals surface area contributed by atoms with Crippen LogP contribution >= 0.6 is 22.6 Å². The lowest BCUT2D eigenvalue weighted by Crippen LogP contribution is -2.36. The van der Waals surface area contributed by atoms with Gasteiger partial charge in [-0.3, -0.25) is 9.35 Å². The number of aromatic nitrogens is 1. The third-order valence-electron chi connectivity index (χ3n) is 3.09. The molecule has 2 aromatic rings. The Morgan fingerprint density at radius 3 is 2.12 bits per heavy atom. The fourth-order valence-corrected chi connectivity index (χ4v) is 2.91. The topological polar surface area (TPSA) is 157 Å². The highest BCUT2D eigenvalue weighted by Crippen LogP contribution is 2.34. The highest BCUT2D eigenvalue weighted by molar-refractivity contribution is 14.1. The van der Waals surface area contributed by atoms with Crippen LogP contribution in [0.15, 0.2) is 35.2 Å². The second kappa shape index (κ2) is 6.89. The Morgan fingerprint density at radius 1 is 1.16 bits per heavy atom. The van der Waals surface area contributed by atoms with Crippen molar-refractivity contribution in [2.75, 3.05) is 9.44 Å². The summed E-state index contributed by atoms with van der Waals surface area (Å²) in [5.41, 5.74) is -0.0139. The number of carboxylic acids is 1. The highest BCUT2D eigenvalue weighted by atomic mass is 127. The van der Waals surface area contributed by atoms with Crippen molar-refractivity contribution >= 4 is 50.3 Å². The van der Waals surface area contributed by atoms with Crippen molar-refractivity contribution in [3.05, 3.63) is 35.9 Å². The second-order valence-electron chi connectivity index (χ2n) is 4.67. The van der Waals surface area contributed by atoms with Crippen LogP contribution in [0.1, 0.15) is 10.4 Å². The van der Waals surface area contributed by atoms with Crippen molar-refractivity contribution in [3.63, 3.8) is 0 Å². The molecule has 0 saturated carbocycles. The summed E-state index contributed by atoms with van der Waals surface area (Å²) in [6.45, 7) is 0. The maximum absolute atomic E-state index is 12.2. The van der Waals surface area contributed by atoms with Gasteiger partial charge >= 0.3 is 5.97 Å². The maximum Gasteiger partial charge on any atom is 0.335 e. The molecule has 0 atom stereocenters. The van der Waals surface area contributed by atoms with Gasteiger partial charge in [0.15, 0.2) is 4.90 Å². The summed E-state index contributed by atoms with van der Waals surface area (Å²) in [4.78, 5) is 22.2. The molecule has 134 valence electrons. The number of aromatic hydroxyl groups is 2. The summed E-state index contributed by atoms with van der Waals surface area (Å²) in [5, 5.41) is 29.6. The Bertz CT molecular complexity index is 936. The number of hydrogen-bond donors (Lipinski definition) is 4. The lowest BCUT2D eigenvalue weighted by Gasteiger charge is -2.24. The summed E-state index contributed by atoms with van der Waals surface area (Å²) in [6.07, 6.45) is 0. The second-order valence-corrected chi connectivity index (χ2v) is 6.82. The number of alkyl halides is 1. The number of anilines is 1. The normalized spacial score (nSPS) is 11.3. The fourth-order valence-electron chi connectivity index (χ4n) is 2.02. The average Bonchev–Trinajstić information content (AvgIpc) is 2.84. The van der Waals surface area contributed by atoms with Gasteiger partial charge in [0.05, 0.1) is 15.7 Å². The van der Waals surface area contributed by atoms with Gasteiger partial charge in [0.25, 0.3) is 16.0 Å². The molecule has 0 spiro atoms. The molecule has 10 nitrogen and oxygen atoms in total. The predicted octanol–water partition coefficient (Wildman–Crippen LogP) is 1.08. The Morgan fingerprint density at radius 2 is 1.72 bits per heavy atom. The minimum Gasteiger partial charge on any atom is -0.493 e. The first-order chi connectivity index (χ1) is 11.6. The molecule has 1 heterocycles. The number of rotatable bonds is 5. The van der Waals surface area contributed by atoms with Crippen molar-refractivity contribution in [2.45, 2.75) is 4.90 Å². The number of carbonyl (C=O) groups is 2. The summed E-state index contributed by atoms with van der Waals surface area (Å²) in [7, 11) is -4.85. The number of carbonyl (C=O) groups excluding carboxylic acids is 1. The van der Waals surface area contributed by atoms with Crippen LogP contribution in [-0.2, 0) is 14.9 Å². The van der Waals surface area contributed by atoms with E-state index in [-0.39, 0.29) is 15.7 Å². The van der Waals surface area contributed by atoms with E-state index in [9.17, 15) is 28.2 Å². The van der Waals surface area contributed by atoms with Crippen LogP contribution in [0.2, 0.25) is 0 Å². The monoisotopic (exact) mass is 482 g/mol. The summed E-state index contributed by atoms with van der Waals surface area (Å²) in [5.74, 6) is -3.77. The van der Waals surface area contributed by atoms with Crippen LogP contribution in [0.4, 0.5) is 5.69 Å². The van der Waals surface area contributed by atoms with E-state index in [2.05, 4.69) is 0 Å². The average molecular weight is 482 g/mol. The molecular formula is C13H11IN2O8S. The first-order valence-corrected chi connectivity index (χ1v) is 9.38. The zero-order valence-corrected chi connectivity index (χ0v) is 15.2. The van der Waals surface area contributed by atoms with Crippen LogP contribution < -0.4 is 5.01 Å². The number of hydrogen-bond acceptors (Lipinski definition) is 6. The quantitative estimate of drug-likeness (QED) is 0.280. The molecule has 2 rings (SSSR count). The van der Waals surface area contributed by atoms with Crippen LogP contribution in [0.25, 0.3) is 0 Å². The molecule has 0 saturated heterocycles. The van der Waals surface area contributed by atoms with Gasteiger partial charge in [0, 0.05) is 6.07 Å². The maximum atomic E-state index is 12.2. The van der Waals surface area contributed by atoms with E-state index in [1.165, 1.54) is 24.3 Å². The minimum absolute atomic E-state index is 0.0507. The summed E-state index contributed by atoms with van der Waals surface area (Å²) >= 11 is 1.72. The van der Waals surface area contributed by atoms with E-state index in [1.807, 2.05) is 0 Å². The SMILES string of the molecule is O=C(O)c1ccc(N(C(=O)CI)n2c(O)cc(S(=O)(=O)O)c2O)cc1. The minimum atomic E-state index is -4.85. The van der Waals surface area contributed by atoms with Gasteiger partial charge in [-0.2, -0.15) is 13.1 Å². The zero-order valence-electron chi connectivity index (χ0n) is 12.2. The molecule has 0 aliphatic rings. The molecule has 0 aliphatic carbocycles. The standard InChI is InChI=1S/C13H11IN2O8S/c14-6-11(18)15(8-3-1-7(2-4-8)13(20)21)16-10(17)5-9(12(16)19)25(22,23)24/h1-5,17,19H,6H2,(H,20,21)(H,22,23,24). The first-order valence-electron chi connectivity index (χ1n) is 6.41. The first kappa shape index (κ1) is 19.0. The number of halogens is 1. The van der Waals surface area contributed by atoms with Crippen LogP contribution in [-0.4, -0.2) is 49.3 Å². The van der Waals surface area contributed by atoms with Crippen LogP contribution in [0.5, 0.6) is 11.8 Å². The number of carboxylic acid groups (broad SMARTS) is 1. The van der Waals surface area contributed by atoms with Crippen LogP contribution in [0.3, 0.4) is 0 Å². The third kappa shape index (κ3) is 3.69. The Kier molecular flexibility index (Phi) is 5.24. The van der Waals surface area contributed by atoms with Crippen molar-refractivity contribution in [1.29, 1.82) is 0 Å². The molecule has 0 aliphatic heterocycles. The van der Waals surface area contributed by atoms with E-state index in [1.54, 1.807) is 22.6 Å². The van der Waals surface area contributed by atoms with E-state index in [4.69, 9.17) is 9.66 Å².